The van der Waals surface area contributed by atoms with Gasteiger partial charge in [0.25, 0.3) is 11.8 Å². The number of carbonyl (C=O) groups is 2. The Morgan fingerprint density at radius 2 is 1.68 bits per heavy atom. The van der Waals surface area contributed by atoms with Gasteiger partial charge in [0, 0.05) is 0 Å². The van der Waals surface area contributed by atoms with E-state index >= 15 is 0 Å². The fourth-order valence-corrected chi connectivity index (χ4v) is 3.86. The van der Waals surface area contributed by atoms with Crippen LogP contribution >= 0.6 is 0 Å². The van der Waals surface area contributed by atoms with Crippen LogP contribution in [0.15, 0.2) is 72.8 Å². The Morgan fingerprint density at radius 3 is 2.52 bits per heavy atom. The van der Waals surface area contributed by atoms with Crippen molar-refractivity contribution >= 4 is 17.5 Å². The van der Waals surface area contributed by atoms with Crippen molar-refractivity contribution < 1.29 is 14.3 Å². The molecule has 1 atom stereocenters. The molecule has 0 bridgehead atoms. The molecule has 0 aromatic heterocycles. The molecule has 0 unspecified atom stereocenters. The van der Waals surface area contributed by atoms with Gasteiger partial charge in [0.05, 0.1) is 17.3 Å². The van der Waals surface area contributed by atoms with E-state index in [2.05, 4.69) is 16.7 Å². The summed E-state index contributed by atoms with van der Waals surface area (Å²) >= 11 is 0. The van der Waals surface area contributed by atoms with Gasteiger partial charge in [-0.05, 0) is 67.1 Å². The second-order valence-corrected chi connectivity index (χ2v) is 7.77. The van der Waals surface area contributed by atoms with Crippen LogP contribution in [0.3, 0.4) is 0 Å². The van der Waals surface area contributed by atoms with Gasteiger partial charge in [-0.25, -0.2) is 0 Å². The first-order valence-corrected chi connectivity index (χ1v) is 10.6. The summed E-state index contributed by atoms with van der Waals surface area (Å²) in [6.07, 6.45) is 3.33. The van der Waals surface area contributed by atoms with E-state index in [4.69, 9.17) is 4.74 Å². The summed E-state index contributed by atoms with van der Waals surface area (Å²) in [4.78, 5) is 25.3. The summed E-state index contributed by atoms with van der Waals surface area (Å²) < 4.78 is 5.68. The number of anilines is 1. The van der Waals surface area contributed by atoms with Crippen molar-refractivity contribution in [2.75, 3.05) is 11.9 Å². The second kappa shape index (κ2) is 9.47. The van der Waals surface area contributed by atoms with Crippen LogP contribution in [0.2, 0.25) is 0 Å². The molecule has 4 rings (SSSR count). The summed E-state index contributed by atoms with van der Waals surface area (Å²) in [7, 11) is 0. The Morgan fingerprint density at radius 1 is 0.935 bits per heavy atom. The van der Waals surface area contributed by atoms with Gasteiger partial charge in [-0.3, -0.25) is 9.59 Å². The van der Waals surface area contributed by atoms with E-state index in [0.29, 0.717) is 17.0 Å². The minimum Gasteiger partial charge on any atom is -0.484 e. The van der Waals surface area contributed by atoms with Gasteiger partial charge in [0.15, 0.2) is 6.61 Å². The largest absolute Gasteiger partial charge is 0.484 e. The SMILES string of the molecule is C[C@H](NC(=O)c1ccccc1NC(=O)COc1ccc2c(c1)CCC2)c1ccccc1. The van der Waals surface area contributed by atoms with Crippen molar-refractivity contribution in [3.05, 3.63) is 95.1 Å². The van der Waals surface area contributed by atoms with Gasteiger partial charge in [0.2, 0.25) is 0 Å². The highest BCUT2D eigenvalue weighted by Crippen LogP contribution is 2.26. The minimum absolute atomic E-state index is 0.116. The average molecular weight is 415 g/mol. The van der Waals surface area contributed by atoms with Crippen molar-refractivity contribution in [1.82, 2.24) is 5.32 Å². The number of carbonyl (C=O) groups excluding carboxylic acids is 2. The van der Waals surface area contributed by atoms with Crippen molar-refractivity contribution in [2.45, 2.75) is 32.2 Å². The van der Waals surface area contributed by atoms with E-state index in [0.717, 1.165) is 18.4 Å². The van der Waals surface area contributed by atoms with Crippen LogP contribution in [0, 0.1) is 0 Å². The van der Waals surface area contributed by atoms with E-state index in [-0.39, 0.29) is 24.5 Å². The fraction of sp³-hybridized carbons (Fsp3) is 0.231. The maximum absolute atomic E-state index is 12.8. The van der Waals surface area contributed by atoms with Gasteiger partial charge < -0.3 is 15.4 Å². The van der Waals surface area contributed by atoms with Crippen molar-refractivity contribution in [3.63, 3.8) is 0 Å². The molecule has 3 aromatic carbocycles. The van der Waals surface area contributed by atoms with E-state index in [1.807, 2.05) is 49.4 Å². The predicted octanol–water partition coefficient (Wildman–Crippen LogP) is 4.68. The summed E-state index contributed by atoms with van der Waals surface area (Å²) in [5.74, 6) is 0.141. The van der Waals surface area contributed by atoms with Gasteiger partial charge >= 0.3 is 0 Å². The maximum atomic E-state index is 12.8. The smallest absolute Gasteiger partial charge is 0.262 e. The first kappa shape index (κ1) is 20.7. The molecule has 2 amide bonds. The van der Waals surface area contributed by atoms with Crippen LogP contribution in [0.1, 0.15) is 46.4 Å². The fourth-order valence-electron chi connectivity index (χ4n) is 3.86. The number of rotatable bonds is 7. The Hall–Kier alpha value is -3.60. The molecule has 0 heterocycles. The third-order valence-corrected chi connectivity index (χ3v) is 5.53. The summed E-state index contributed by atoms with van der Waals surface area (Å²) in [6.45, 7) is 1.81. The molecule has 2 N–H and O–H groups in total. The zero-order valence-corrected chi connectivity index (χ0v) is 17.6. The molecule has 0 saturated carbocycles. The van der Waals surface area contributed by atoms with Gasteiger partial charge in [-0.2, -0.15) is 0 Å². The third-order valence-electron chi connectivity index (χ3n) is 5.53. The van der Waals surface area contributed by atoms with Gasteiger partial charge in [-0.15, -0.1) is 0 Å². The standard InChI is InChI=1S/C26H26N2O3/c1-18(19-8-3-2-4-9-19)27-26(30)23-12-5-6-13-24(23)28-25(29)17-31-22-15-14-20-10-7-11-21(20)16-22/h2-6,8-9,12-16,18H,7,10-11,17H2,1H3,(H,27,30)(H,28,29)/t18-/m0/s1. The normalized spacial score (nSPS) is 13.2. The molecule has 5 nitrogen and oxygen atoms in total. The molecular formula is C26H26N2O3. The highest BCUT2D eigenvalue weighted by atomic mass is 16.5. The van der Waals surface area contributed by atoms with Crippen LogP contribution in [0.25, 0.3) is 0 Å². The predicted molar refractivity (Wildman–Crippen MR) is 121 cm³/mol. The first-order valence-electron chi connectivity index (χ1n) is 10.6. The van der Waals surface area contributed by atoms with E-state index < -0.39 is 0 Å². The lowest BCUT2D eigenvalue weighted by molar-refractivity contribution is -0.118. The van der Waals surface area contributed by atoms with Crippen LogP contribution in [0.5, 0.6) is 5.75 Å². The first-order chi connectivity index (χ1) is 15.1. The Kier molecular flexibility index (Phi) is 6.32. The summed E-state index contributed by atoms with van der Waals surface area (Å²) in [5, 5.41) is 5.79. The van der Waals surface area contributed by atoms with Crippen LogP contribution in [0.4, 0.5) is 5.69 Å². The van der Waals surface area contributed by atoms with Gasteiger partial charge in [-0.1, -0.05) is 48.5 Å². The highest BCUT2D eigenvalue weighted by molar-refractivity contribution is 6.04. The topological polar surface area (TPSA) is 67.4 Å². The van der Waals surface area contributed by atoms with E-state index in [9.17, 15) is 9.59 Å². The highest BCUT2D eigenvalue weighted by Gasteiger charge is 2.17. The number of nitrogens with one attached hydrogen (secondary N) is 2. The molecule has 5 heteroatoms. The number of benzene rings is 3. The average Bonchev–Trinajstić information content (AvgIpc) is 3.26. The molecule has 3 aromatic rings. The summed E-state index contributed by atoms with van der Waals surface area (Å²) in [6, 6.07) is 22.6. The van der Waals surface area contributed by atoms with Crippen molar-refractivity contribution in [1.29, 1.82) is 0 Å². The van der Waals surface area contributed by atoms with Crippen LogP contribution < -0.4 is 15.4 Å². The number of ether oxygens (including phenoxy) is 1. The number of para-hydroxylation sites is 1. The zero-order chi connectivity index (χ0) is 21.6. The quantitative estimate of drug-likeness (QED) is 0.590. The molecule has 1 aliphatic carbocycles. The number of aryl methyl sites for hydroxylation is 2. The molecule has 0 radical (unpaired) electrons. The molecule has 0 spiro atoms. The summed E-state index contributed by atoms with van der Waals surface area (Å²) in [5.41, 5.74) is 4.55. The molecule has 0 aliphatic heterocycles. The maximum Gasteiger partial charge on any atom is 0.262 e. The minimum atomic E-state index is -0.308. The zero-order valence-electron chi connectivity index (χ0n) is 17.6. The molecule has 31 heavy (non-hydrogen) atoms. The van der Waals surface area contributed by atoms with Crippen molar-refractivity contribution in [3.8, 4) is 5.75 Å². The van der Waals surface area contributed by atoms with E-state index in [1.165, 1.54) is 17.5 Å². The molecule has 158 valence electrons. The number of hydrogen-bond acceptors (Lipinski definition) is 3. The Balaban J connectivity index is 1.37. The molecule has 0 saturated heterocycles. The van der Waals surface area contributed by atoms with E-state index in [1.54, 1.807) is 24.3 Å². The number of hydrogen-bond donors (Lipinski definition) is 2. The lowest BCUT2D eigenvalue weighted by Crippen LogP contribution is -2.28. The third kappa shape index (κ3) is 5.12. The monoisotopic (exact) mass is 414 g/mol. The molecule has 1 aliphatic rings. The Labute approximate surface area is 182 Å². The lowest BCUT2D eigenvalue weighted by atomic mass is 10.1. The number of amides is 2. The second-order valence-electron chi connectivity index (χ2n) is 7.77. The van der Waals surface area contributed by atoms with Crippen LogP contribution in [-0.2, 0) is 17.6 Å². The molecule has 0 fully saturated rings. The van der Waals surface area contributed by atoms with Gasteiger partial charge in [0.1, 0.15) is 5.75 Å². The Bertz CT molecular complexity index is 1080. The lowest BCUT2D eigenvalue weighted by Gasteiger charge is -2.16. The van der Waals surface area contributed by atoms with Crippen molar-refractivity contribution in [2.24, 2.45) is 0 Å². The van der Waals surface area contributed by atoms with Crippen LogP contribution in [-0.4, -0.2) is 18.4 Å². The molecular weight excluding hydrogens is 388 g/mol. The number of fused-ring (bicyclic) bond motifs is 1.